The second kappa shape index (κ2) is 6.17. The summed E-state index contributed by atoms with van der Waals surface area (Å²) in [6.07, 6.45) is 2.70. The lowest BCUT2D eigenvalue weighted by Crippen LogP contribution is -1.98. The Hall–Kier alpha value is -3.26. The van der Waals surface area contributed by atoms with E-state index in [4.69, 9.17) is 16.7 Å². The Morgan fingerprint density at radius 2 is 2.00 bits per heavy atom. The molecule has 3 aromatic heterocycles. The Labute approximate surface area is 156 Å². The molecule has 1 aromatic carbocycles. The molecule has 1 N–H and O–H groups in total. The molecule has 0 aliphatic rings. The molecule has 4 rings (SSSR count). The number of pyridine rings is 1. The molecular formula is C18H11ClF2N4O2. The summed E-state index contributed by atoms with van der Waals surface area (Å²) in [5, 5.41) is 9.35. The van der Waals surface area contributed by atoms with Crippen molar-refractivity contribution in [2.75, 3.05) is 0 Å². The maximum absolute atomic E-state index is 15.0. The van der Waals surface area contributed by atoms with E-state index in [9.17, 15) is 13.6 Å². The summed E-state index contributed by atoms with van der Waals surface area (Å²) in [6, 6.07) is 6.67. The third kappa shape index (κ3) is 2.65. The first-order chi connectivity index (χ1) is 12.9. The predicted molar refractivity (Wildman–Crippen MR) is 94.7 cm³/mol. The molecule has 3 heterocycles. The summed E-state index contributed by atoms with van der Waals surface area (Å²) in [6.45, 7) is 0. The Morgan fingerprint density at radius 3 is 2.67 bits per heavy atom. The third-order valence-corrected chi connectivity index (χ3v) is 4.63. The molecule has 136 valence electrons. The number of imidazole rings is 2. The molecule has 0 saturated carbocycles. The molecular weight excluding hydrogens is 378 g/mol. The van der Waals surface area contributed by atoms with E-state index in [2.05, 4.69) is 9.97 Å². The average molecular weight is 389 g/mol. The number of carboxylic acid groups (broad SMARTS) is 1. The second-order valence-corrected chi connectivity index (χ2v) is 6.22. The minimum Gasteiger partial charge on any atom is -0.478 e. The zero-order valence-electron chi connectivity index (χ0n) is 13.8. The molecule has 0 spiro atoms. The van der Waals surface area contributed by atoms with E-state index in [1.165, 1.54) is 36.8 Å². The number of fused-ring (bicyclic) bond motifs is 1. The van der Waals surface area contributed by atoms with Crippen LogP contribution in [0, 0.1) is 11.8 Å². The Bertz CT molecular complexity index is 1220. The summed E-state index contributed by atoms with van der Waals surface area (Å²) in [5.41, 5.74) is 0.200. The fraction of sp³-hybridized carbons (Fsp3) is 0.0556. The van der Waals surface area contributed by atoms with Gasteiger partial charge >= 0.3 is 5.97 Å². The summed E-state index contributed by atoms with van der Waals surface area (Å²) >= 11 is 6.22. The van der Waals surface area contributed by atoms with Gasteiger partial charge in [-0.1, -0.05) is 23.7 Å². The number of halogens is 3. The van der Waals surface area contributed by atoms with E-state index in [1.807, 2.05) is 0 Å². The number of aryl methyl sites for hydroxylation is 1. The van der Waals surface area contributed by atoms with Crippen LogP contribution < -0.4 is 0 Å². The first kappa shape index (κ1) is 17.2. The standard InChI is InChI=1S/C18H11ClF2N4O2/c1-24-8-22-14(16(24)19)10-3-2-4-11(20)13(10)15-17(21)25-6-5-9(18(26)27)7-12(25)23-15/h2-8H,1H3,(H,26,27). The van der Waals surface area contributed by atoms with Crippen LogP contribution in [0.1, 0.15) is 10.4 Å². The topological polar surface area (TPSA) is 72.4 Å². The summed E-state index contributed by atoms with van der Waals surface area (Å²) in [7, 11) is 1.68. The van der Waals surface area contributed by atoms with Crippen LogP contribution in [0.5, 0.6) is 0 Å². The maximum atomic E-state index is 15.0. The Kier molecular flexibility index (Phi) is 3.92. The number of nitrogens with zero attached hydrogens (tertiary/aromatic N) is 4. The van der Waals surface area contributed by atoms with Crippen LogP contribution in [0.15, 0.2) is 42.9 Å². The molecule has 0 unspecified atom stereocenters. The van der Waals surface area contributed by atoms with Gasteiger partial charge in [0.15, 0.2) is 0 Å². The van der Waals surface area contributed by atoms with Gasteiger partial charge in [0.05, 0.1) is 17.5 Å². The van der Waals surface area contributed by atoms with Gasteiger partial charge in [0.2, 0.25) is 5.95 Å². The number of rotatable bonds is 3. The van der Waals surface area contributed by atoms with Crippen LogP contribution in [-0.4, -0.2) is 30.0 Å². The first-order valence-electron chi connectivity index (χ1n) is 7.75. The number of carbonyl (C=O) groups is 1. The predicted octanol–water partition coefficient (Wildman–Crippen LogP) is 4.03. The minimum absolute atomic E-state index is 0.0451. The lowest BCUT2D eigenvalue weighted by molar-refractivity contribution is 0.0697. The molecule has 0 atom stereocenters. The molecule has 0 saturated heterocycles. The number of hydrogen-bond acceptors (Lipinski definition) is 3. The Balaban J connectivity index is 2.00. The highest BCUT2D eigenvalue weighted by Gasteiger charge is 2.24. The highest BCUT2D eigenvalue weighted by Crippen LogP contribution is 2.37. The monoisotopic (exact) mass is 388 g/mol. The second-order valence-electron chi connectivity index (χ2n) is 5.86. The molecule has 0 aliphatic heterocycles. The Morgan fingerprint density at radius 1 is 1.22 bits per heavy atom. The average Bonchev–Trinajstić information content (AvgIpc) is 3.14. The fourth-order valence-corrected chi connectivity index (χ4v) is 3.06. The van der Waals surface area contributed by atoms with Crippen LogP contribution in [0.3, 0.4) is 0 Å². The van der Waals surface area contributed by atoms with Gasteiger partial charge in [-0.3, -0.25) is 4.40 Å². The van der Waals surface area contributed by atoms with E-state index in [0.717, 1.165) is 4.40 Å². The van der Waals surface area contributed by atoms with E-state index in [-0.39, 0.29) is 38.9 Å². The van der Waals surface area contributed by atoms with Crippen molar-refractivity contribution in [1.82, 2.24) is 18.9 Å². The SMILES string of the molecule is Cn1cnc(-c2cccc(F)c2-c2nc3cc(C(=O)O)ccn3c2F)c1Cl. The van der Waals surface area contributed by atoms with E-state index in [1.54, 1.807) is 17.7 Å². The zero-order valence-corrected chi connectivity index (χ0v) is 14.6. The molecule has 0 radical (unpaired) electrons. The first-order valence-corrected chi connectivity index (χ1v) is 8.13. The summed E-state index contributed by atoms with van der Waals surface area (Å²) in [5.74, 6) is -2.69. The van der Waals surface area contributed by atoms with Gasteiger partial charge in [-0.25, -0.2) is 19.2 Å². The van der Waals surface area contributed by atoms with Crippen molar-refractivity contribution in [2.45, 2.75) is 0 Å². The number of aromatic carboxylic acids is 1. The number of benzene rings is 1. The van der Waals surface area contributed by atoms with Crippen LogP contribution in [0.25, 0.3) is 28.2 Å². The molecule has 0 amide bonds. The van der Waals surface area contributed by atoms with Crippen LogP contribution >= 0.6 is 11.6 Å². The van der Waals surface area contributed by atoms with Crippen molar-refractivity contribution < 1.29 is 18.7 Å². The lowest BCUT2D eigenvalue weighted by Gasteiger charge is -2.07. The van der Waals surface area contributed by atoms with Gasteiger partial charge in [-0.2, -0.15) is 4.39 Å². The molecule has 6 nitrogen and oxygen atoms in total. The van der Waals surface area contributed by atoms with E-state index in [0.29, 0.717) is 0 Å². The van der Waals surface area contributed by atoms with Crippen molar-refractivity contribution in [3.05, 3.63) is 65.3 Å². The molecule has 27 heavy (non-hydrogen) atoms. The van der Waals surface area contributed by atoms with Crippen LogP contribution in [0.4, 0.5) is 8.78 Å². The van der Waals surface area contributed by atoms with Crippen molar-refractivity contribution in [2.24, 2.45) is 7.05 Å². The highest BCUT2D eigenvalue weighted by molar-refractivity contribution is 6.32. The van der Waals surface area contributed by atoms with Crippen molar-refractivity contribution in [3.8, 4) is 22.5 Å². The van der Waals surface area contributed by atoms with E-state index < -0.39 is 17.7 Å². The quantitative estimate of drug-likeness (QED) is 0.575. The fourth-order valence-electron chi connectivity index (χ4n) is 2.87. The maximum Gasteiger partial charge on any atom is 0.335 e. The van der Waals surface area contributed by atoms with Gasteiger partial charge in [-0.15, -0.1) is 0 Å². The number of carboxylic acids is 1. The molecule has 4 aromatic rings. The van der Waals surface area contributed by atoms with Gasteiger partial charge < -0.3 is 9.67 Å². The van der Waals surface area contributed by atoms with Crippen molar-refractivity contribution in [3.63, 3.8) is 0 Å². The van der Waals surface area contributed by atoms with Gasteiger partial charge in [0.25, 0.3) is 0 Å². The molecule has 0 bridgehead atoms. The summed E-state index contributed by atoms with van der Waals surface area (Å²) < 4.78 is 32.2. The van der Waals surface area contributed by atoms with Crippen LogP contribution in [0.2, 0.25) is 5.15 Å². The molecule has 0 aliphatic carbocycles. The molecule has 0 fully saturated rings. The zero-order chi connectivity index (χ0) is 19.3. The number of aromatic nitrogens is 4. The van der Waals surface area contributed by atoms with Gasteiger partial charge in [0.1, 0.15) is 28.0 Å². The van der Waals surface area contributed by atoms with E-state index >= 15 is 0 Å². The largest absolute Gasteiger partial charge is 0.478 e. The minimum atomic E-state index is -1.17. The van der Waals surface area contributed by atoms with Gasteiger partial charge in [0, 0.05) is 18.8 Å². The third-order valence-electron chi connectivity index (χ3n) is 4.19. The smallest absolute Gasteiger partial charge is 0.335 e. The van der Waals surface area contributed by atoms with Crippen LogP contribution in [-0.2, 0) is 7.05 Å². The highest BCUT2D eigenvalue weighted by atomic mass is 35.5. The van der Waals surface area contributed by atoms with Gasteiger partial charge in [-0.05, 0) is 18.2 Å². The lowest BCUT2D eigenvalue weighted by atomic mass is 10.0. The normalized spacial score (nSPS) is 11.3. The summed E-state index contributed by atoms with van der Waals surface area (Å²) in [4.78, 5) is 19.4. The molecule has 9 heteroatoms. The van der Waals surface area contributed by atoms with Crippen molar-refractivity contribution >= 4 is 23.2 Å². The van der Waals surface area contributed by atoms with Crippen molar-refractivity contribution in [1.29, 1.82) is 0 Å². The number of hydrogen-bond donors (Lipinski definition) is 1.